The maximum atomic E-state index is 6.18. The highest BCUT2D eigenvalue weighted by Crippen LogP contribution is 2.25. The molecule has 1 N–H and O–H groups in total. The summed E-state index contributed by atoms with van der Waals surface area (Å²) in [6.07, 6.45) is 0. The first-order valence-electron chi connectivity index (χ1n) is 5.97. The Morgan fingerprint density at radius 2 is 2.35 bits per heavy atom. The van der Waals surface area contributed by atoms with Crippen LogP contribution in [0.25, 0.3) is 0 Å². The van der Waals surface area contributed by atoms with E-state index in [2.05, 4.69) is 22.3 Å². The molecule has 3 nitrogen and oxygen atoms in total. The number of nitrogens with one attached hydrogen (secondary N) is 1. The summed E-state index contributed by atoms with van der Waals surface area (Å²) in [6.45, 7) is 5.42. The molecular weight excluding hydrogens is 236 g/mol. The number of likely N-dealkylation sites (N-methyl/N-ethyl adjacent to an activating group) is 1. The van der Waals surface area contributed by atoms with Crippen LogP contribution < -0.4 is 10.2 Å². The van der Waals surface area contributed by atoms with E-state index < -0.39 is 0 Å². The lowest BCUT2D eigenvalue weighted by Gasteiger charge is -2.37. The van der Waals surface area contributed by atoms with Crippen molar-refractivity contribution in [3.05, 3.63) is 28.8 Å². The minimum atomic E-state index is 0.382. The van der Waals surface area contributed by atoms with Crippen molar-refractivity contribution < 1.29 is 4.74 Å². The Labute approximate surface area is 108 Å². The monoisotopic (exact) mass is 254 g/mol. The van der Waals surface area contributed by atoms with E-state index in [1.165, 1.54) is 5.69 Å². The predicted octanol–water partition coefficient (Wildman–Crippen LogP) is 2.07. The van der Waals surface area contributed by atoms with E-state index in [0.717, 1.165) is 36.9 Å². The van der Waals surface area contributed by atoms with E-state index in [0.29, 0.717) is 6.04 Å². The molecule has 1 fully saturated rings. The van der Waals surface area contributed by atoms with Gasteiger partial charge in [-0.2, -0.15) is 0 Å². The third-order valence-electron chi connectivity index (χ3n) is 3.15. The number of ether oxygens (including phenoxy) is 1. The molecule has 0 aliphatic carbocycles. The Hall–Kier alpha value is -0.770. The van der Waals surface area contributed by atoms with E-state index in [4.69, 9.17) is 16.3 Å². The van der Waals surface area contributed by atoms with Crippen LogP contribution in [-0.4, -0.2) is 39.4 Å². The van der Waals surface area contributed by atoms with Gasteiger partial charge in [0.2, 0.25) is 0 Å². The number of anilines is 1. The molecule has 0 bridgehead atoms. The molecule has 17 heavy (non-hydrogen) atoms. The van der Waals surface area contributed by atoms with Gasteiger partial charge in [0, 0.05) is 23.8 Å². The van der Waals surface area contributed by atoms with Gasteiger partial charge in [0.1, 0.15) is 0 Å². The first-order valence-corrected chi connectivity index (χ1v) is 6.35. The molecule has 1 heterocycles. The van der Waals surface area contributed by atoms with E-state index in [9.17, 15) is 0 Å². The van der Waals surface area contributed by atoms with Crippen LogP contribution in [-0.2, 0) is 4.74 Å². The molecule has 1 saturated heterocycles. The van der Waals surface area contributed by atoms with Gasteiger partial charge in [0.25, 0.3) is 0 Å². The van der Waals surface area contributed by atoms with Crippen molar-refractivity contribution in [1.82, 2.24) is 5.32 Å². The highest BCUT2D eigenvalue weighted by molar-refractivity contribution is 6.31. The summed E-state index contributed by atoms with van der Waals surface area (Å²) in [5.41, 5.74) is 2.30. The highest BCUT2D eigenvalue weighted by atomic mass is 35.5. The molecule has 1 aliphatic heterocycles. The summed E-state index contributed by atoms with van der Waals surface area (Å²) in [5, 5.41) is 4.04. The molecule has 0 amide bonds. The largest absolute Gasteiger partial charge is 0.377 e. The van der Waals surface area contributed by atoms with Crippen molar-refractivity contribution >= 4 is 17.3 Å². The zero-order valence-electron chi connectivity index (χ0n) is 10.4. The van der Waals surface area contributed by atoms with Gasteiger partial charge in [-0.05, 0) is 31.7 Å². The van der Waals surface area contributed by atoms with Crippen molar-refractivity contribution in [2.45, 2.75) is 13.0 Å². The van der Waals surface area contributed by atoms with Crippen LogP contribution in [0.15, 0.2) is 18.2 Å². The smallest absolute Gasteiger partial charge is 0.0683 e. The SMILES string of the molecule is CNCC1COCCN1c1ccc(C)c(Cl)c1. The van der Waals surface area contributed by atoms with Gasteiger partial charge in [-0.15, -0.1) is 0 Å². The summed E-state index contributed by atoms with van der Waals surface area (Å²) in [7, 11) is 1.97. The van der Waals surface area contributed by atoms with Crippen LogP contribution in [0.2, 0.25) is 5.02 Å². The summed E-state index contributed by atoms with van der Waals surface area (Å²) >= 11 is 6.18. The van der Waals surface area contributed by atoms with Crippen LogP contribution in [0, 0.1) is 6.92 Å². The minimum absolute atomic E-state index is 0.382. The van der Waals surface area contributed by atoms with Crippen LogP contribution in [0.4, 0.5) is 5.69 Å². The number of nitrogens with zero attached hydrogens (tertiary/aromatic N) is 1. The Morgan fingerprint density at radius 3 is 3.06 bits per heavy atom. The number of hydrogen-bond donors (Lipinski definition) is 1. The van der Waals surface area contributed by atoms with Crippen molar-refractivity contribution in [2.75, 3.05) is 38.3 Å². The standard InChI is InChI=1S/C13H19ClN2O/c1-10-3-4-11(7-13(10)14)16-5-6-17-9-12(16)8-15-2/h3-4,7,12,15H,5-6,8-9H2,1-2H3. The molecular formula is C13H19ClN2O. The zero-order chi connectivity index (χ0) is 12.3. The summed E-state index contributed by atoms with van der Waals surface area (Å²) in [4.78, 5) is 2.37. The first kappa shape index (κ1) is 12.7. The molecule has 1 aromatic rings. The molecule has 1 aliphatic rings. The Balaban J connectivity index is 2.20. The molecule has 94 valence electrons. The number of benzene rings is 1. The van der Waals surface area contributed by atoms with Crippen molar-refractivity contribution in [2.24, 2.45) is 0 Å². The van der Waals surface area contributed by atoms with Crippen LogP contribution in [0.3, 0.4) is 0 Å². The maximum Gasteiger partial charge on any atom is 0.0683 e. The summed E-state index contributed by atoms with van der Waals surface area (Å²) < 4.78 is 5.53. The molecule has 4 heteroatoms. The van der Waals surface area contributed by atoms with E-state index in [1.54, 1.807) is 0 Å². The molecule has 0 aromatic heterocycles. The van der Waals surface area contributed by atoms with E-state index in [-0.39, 0.29) is 0 Å². The summed E-state index contributed by atoms with van der Waals surface area (Å²) in [5.74, 6) is 0. The third kappa shape index (κ3) is 2.92. The molecule has 0 radical (unpaired) electrons. The lowest BCUT2D eigenvalue weighted by atomic mass is 10.1. The molecule has 1 unspecified atom stereocenters. The molecule has 2 rings (SSSR count). The van der Waals surface area contributed by atoms with Gasteiger partial charge < -0.3 is 15.0 Å². The van der Waals surface area contributed by atoms with E-state index >= 15 is 0 Å². The fourth-order valence-electron chi connectivity index (χ4n) is 2.16. The topological polar surface area (TPSA) is 24.5 Å². The third-order valence-corrected chi connectivity index (χ3v) is 3.56. The fourth-order valence-corrected chi connectivity index (χ4v) is 2.33. The first-order chi connectivity index (χ1) is 8.22. The predicted molar refractivity (Wildman–Crippen MR) is 72.1 cm³/mol. The van der Waals surface area contributed by atoms with Gasteiger partial charge in [-0.25, -0.2) is 0 Å². The molecule has 0 saturated carbocycles. The number of morpholine rings is 1. The molecule has 1 atom stereocenters. The Bertz CT molecular complexity index is 382. The van der Waals surface area contributed by atoms with Crippen LogP contribution >= 0.6 is 11.6 Å². The van der Waals surface area contributed by atoms with Crippen molar-refractivity contribution in [3.63, 3.8) is 0 Å². The molecule has 1 aromatic carbocycles. The normalized spacial score (nSPS) is 20.6. The number of rotatable bonds is 3. The van der Waals surface area contributed by atoms with Gasteiger partial charge in [-0.3, -0.25) is 0 Å². The minimum Gasteiger partial charge on any atom is -0.377 e. The summed E-state index contributed by atoms with van der Waals surface area (Å²) in [6, 6.07) is 6.64. The van der Waals surface area contributed by atoms with Gasteiger partial charge >= 0.3 is 0 Å². The van der Waals surface area contributed by atoms with Gasteiger partial charge in [-0.1, -0.05) is 17.7 Å². The van der Waals surface area contributed by atoms with E-state index in [1.807, 2.05) is 20.0 Å². The fraction of sp³-hybridized carbons (Fsp3) is 0.538. The maximum absolute atomic E-state index is 6.18. The number of aryl methyl sites for hydroxylation is 1. The Morgan fingerprint density at radius 1 is 1.53 bits per heavy atom. The van der Waals surface area contributed by atoms with Gasteiger partial charge in [0.15, 0.2) is 0 Å². The second kappa shape index (κ2) is 5.71. The number of halogens is 1. The lowest BCUT2D eigenvalue weighted by molar-refractivity contribution is 0.0943. The van der Waals surface area contributed by atoms with Crippen LogP contribution in [0.1, 0.15) is 5.56 Å². The zero-order valence-corrected chi connectivity index (χ0v) is 11.1. The molecule has 0 spiro atoms. The second-order valence-corrected chi connectivity index (χ2v) is 4.82. The lowest BCUT2D eigenvalue weighted by Crippen LogP contribution is -2.50. The average molecular weight is 255 g/mol. The van der Waals surface area contributed by atoms with Crippen molar-refractivity contribution in [3.8, 4) is 0 Å². The van der Waals surface area contributed by atoms with Crippen molar-refractivity contribution in [1.29, 1.82) is 0 Å². The Kier molecular flexibility index (Phi) is 4.26. The van der Waals surface area contributed by atoms with Gasteiger partial charge in [0.05, 0.1) is 19.3 Å². The number of hydrogen-bond acceptors (Lipinski definition) is 3. The highest BCUT2D eigenvalue weighted by Gasteiger charge is 2.22. The van der Waals surface area contributed by atoms with Crippen LogP contribution in [0.5, 0.6) is 0 Å². The average Bonchev–Trinajstić information content (AvgIpc) is 2.34. The second-order valence-electron chi connectivity index (χ2n) is 4.41. The quantitative estimate of drug-likeness (QED) is 0.894.